The molecule has 4 heteroatoms. The lowest BCUT2D eigenvalue weighted by Crippen LogP contribution is -2.22. The molecule has 3 rings (SSSR count). The fourth-order valence-electron chi connectivity index (χ4n) is 2.44. The first kappa shape index (κ1) is 14.1. The highest BCUT2D eigenvalue weighted by Gasteiger charge is 2.17. The Bertz CT molecular complexity index is 848. The summed E-state index contributed by atoms with van der Waals surface area (Å²) in [5.41, 5.74) is 2.42. The molecule has 22 heavy (non-hydrogen) atoms. The molecule has 3 aromatic rings. The second-order valence-corrected chi connectivity index (χ2v) is 5.33. The number of hydrogen-bond donors (Lipinski definition) is 0. The average molecular weight is 292 g/mol. The Morgan fingerprint density at radius 3 is 2.32 bits per heavy atom. The molecular weight excluding hydrogens is 276 g/mol. The first-order valence-corrected chi connectivity index (χ1v) is 7.00. The van der Waals surface area contributed by atoms with Gasteiger partial charge in [-0.05, 0) is 24.3 Å². The van der Waals surface area contributed by atoms with Crippen LogP contribution in [0.5, 0.6) is 0 Å². The summed E-state index contributed by atoms with van der Waals surface area (Å²) in [6.07, 6.45) is 1.83. The lowest BCUT2D eigenvalue weighted by Gasteiger charge is -2.13. The number of carbonyl (C=O) groups is 2. The van der Waals surface area contributed by atoms with Crippen LogP contribution in [0.2, 0.25) is 0 Å². The van der Waals surface area contributed by atoms with Gasteiger partial charge in [-0.15, -0.1) is 0 Å². The van der Waals surface area contributed by atoms with Gasteiger partial charge < -0.3 is 9.30 Å². The molecule has 0 spiro atoms. The number of carbonyl (C=O) groups excluding carboxylic acids is 2. The van der Waals surface area contributed by atoms with Crippen molar-refractivity contribution in [2.75, 3.05) is 14.1 Å². The molecule has 110 valence electrons. The SMILES string of the molecule is CN(C)C(=O)c1cc(C(=O)c2ccccc2)n2cccc2c1. The summed E-state index contributed by atoms with van der Waals surface area (Å²) in [4.78, 5) is 26.5. The van der Waals surface area contributed by atoms with Crippen molar-refractivity contribution in [3.05, 3.63) is 77.6 Å². The van der Waals surface area contributed by atoms with E-state index >= 15 is 0 Å². The fraction of sp³-hybridized carbons (Fsp3) is 0.111. The third kappa shape index (κ3) is 2.39. The van der Waals surface area contributed by atoms with Gasteiger partial charge in [0.15, 0.2) is 0 Å². The van der Waals surface area contributed by atoms with Gasteiger partial charge in [0.25, 0.3) is 5.91 Å². The molecule has 4 nitrogen and oxygen atoms in total. The van der Waals surface area contributed by atoms with Crippen LogP contribution in [0.4, 0.5) is 0 Å². The quantitative estimate of drug-likeness (QED) is 0.697. The number of benzene rings is 1. The lowest BCUT2D eigenvalue weighted by atomic mass is 10.1. The lowest BCUT2D eigenvalue weighted by molar-refractivity contribution is 0.0827. The predicted molar refractivity (Wildman–Crippen MR) is 85.3 cm³/mol. The van der Waals surface area contributed by atoms with Gasteiger partial charge in [-0.2, -0.15) is 0 Å². The van der Waals surface area contributed by atoms with Crippen molar-refractivity contribution in [2.45, 2.75) is 0 Å². The van der Waals surface area contributed by atoms with Crippen LogP contribution in [0.3, 0.4) is 0 Å². The zero-order valence-corrected chi connectivity index (χ0v) is 12.5. The Morgan fingerprint density at radius 2 is 1.64 bits per heavy atom. The van der Waals surface area contributed by atoms with Crippen LogP contribution in [-0.2, 0) is 0 Å². The maximum atomic E-state index is 12.8. The number of fused-ring (bicyclic) bond motifs is 1. The Morgan fingerprint density at radius 1 is 0.909 bits per heavy atom. The monoisotopic (exact) mass is 292 g/mol. The number of hydrogen-bond acceptors (Lipinski definition) is 2. The molecule has 0 atom stereocenters. The molecule has 0 aliphatic carbocycles. The van der Waals surface area contributed by atoms with Crippen molar-refractivity contribution in [3.8, 4) is 0 Å². The standard InChI is InChI=1S/C18H16N2O2/c1-19(2)18(22)14-11-15-9-6-10-20(15)16(12-14)17(21)13-7-4-3-5-8-13/h3-12H,1-2H3. The van der Waals surface area contributed by atoms with E-state index in [1.54, 1.807) is 38.4 Å². The van der Waals surface area contributed by atoms with E-state index in [1.807, 2.05) is 40.9 Å². The van der Waals surface area contributed by atoms with E-state index < -0.39 is 0 Å². The minimum Gasteiger partial charge on any atom is -0.345 e. The second kappa shape index (κ2) is 5.48. The van der Waals surface area contributed by atoms with Crippen LogP contribution in [-0.4, -0.2) is 35.1 Å². The van der Waals surface area contributed by atoms with E-state index in [9.17, 15) is 9.59 Å². The Balaban J connectivity index is 2.18. The molecular formula is C18H16N2O2. The molecule has 0 fully saturated rings. The topological polar surface area (TPSA) is 41.8 Å². The van der Waals surface area contributed by atoms with Crippen molar-refractivity contribution < 1.29 is 9.59 Å². The molecule has 0 radical (unpaired) electrons. The summed E-state index contributed by atoms with van der Waals surface area (Å²) in [6, 6.07) is 16.3. The third-order valence-corrected chi connectivity index (χ3v) is 3.56. The first-order chi connectivity index (χ1) is 10.6. The number of rotatable bonds is 3. The molecule has 0 N–H and O–H groups in total. The van der Waals surface area contributed by atoms with Crippen LogP contribution in [0.15, 0.2) is 60.8 Å². The average Bonchev–Trinajstić information content (AvgIpc) is 3.01. The van der Waals surface area contributed by atoms with Crippen molar-refractivity contribution in [3.63, 3.8) is 0 Å². The minimum atomic E-state index is -0.120. The van der Waals surface area contributed by atoms with Crippen LogP contribution < -0.4 is 0 Å². The molecule has 0 unspecified atom stereocenters. The van der Waals surface area contributed by atoms with E-state index in [0.29, 0.717) is 16.8 Å². The summed E-state index contributed by atoms with van der Waals surface area (Å²) in [7, 11) is 3.40. The molecule has 0 aliphatic rings. The number of ketones is 1. The van der Waals surface area contributed by atoms with Gasteiger partial charge in [0.1, 0.15) is 0 Å². The maximum Gasteiger partial charge on any atom is 0.253 e. The minimum absolute atomic E-state index is 0.102. The van der Waals surface area contributed by atoms with Crippen LogP contribution >= 0.6 is 0 Å². The molecule has 0 saturated carbocycles. The highest BCUT2D eigenvalue weighted by atomic mass is 16.2. The summed E-state index contributed by atoms with van der Waals surface area (Å²) in [6.45, 7) is 0. The summed E-state index contributed by atoms with van der Waals surface area (Å²) < 4.78 is 1.81. The molecule has 0 aliphatic heterocycles. The Kier molecular flexibility index (Phi) is 3.51. The zero-order valence-electron chi connectivity index (χ0n) is 12.5. The van der Waals surface area contributed by atoms with Crippen LogP contribution in [0.1, 0.15) is 26.4 Å². The number of pyridine rings is 1. The first-order valence-electron chi connectivity index (χ1n) is 7.00. The molecule has 1 aromatic carbocycles. The molecule has 2 aromatic heterocycles. The van der Waals surface area contributed by atoms with E-state index in [-0.39, 0.29) is 11.7 Å². The summed E-state index contributed by atoms with van der Waals surface area (Å²) in [5, 5.41) is 0. The summed E-state index contributed by atoms with van der Waals surface area (Å²) >= 11 is 0. The Labute approximate surface area is 128 Å². The van der Waals surface area contributed by atoms with Crippen molar-refractivity contribution in [1.82, 2.24) is 9.30 Å². The van der Waals surface area contributed by atoms with Gasteiger partial charge in [0.05, 0.1) is 5.69 Å². The number of nitrogens with zero attached hydrogens (tertiary/aromatic N) is 2. The molecule has 0 bridgehead atoms. The van der Waals surface area contributed by atoms with Crippen molar-refractivity contribution in [2.24, 2.45) is 0 Å². The van der Waals surface area contributed by atoms with Crippen LogP contribution in [0.25, 0.3) is 5.52 Å². The normalized spacial score (nSPS) is 10.6. The van der Waals surface area contributed by atoms with E-state index in [1.165, 1.54) is 4.90 Å². The maximum absolute atomic E-state index is 12.8. The van der Waals surface area contributed by atoms with Gasteiger partial charge in [0.2, 0.25) is 5.78 Å². The Hall–Kier alpha value is -2.88. The van der Waals surface area contributed by atoms with E-state index in [0.717, 1.165) is 5.52 Å². The predicted octanol–water partition coefficient (Wildman–Crippen LogP) is 2.87. The van der Waals surface area contributed by atoms with Gasteiger partial charge in [-0.3, -0.25) is 9.59 Å². The van der Waals surface area contributed by atoms with Gasteiger partial charge in [-0.25, -0.2) is 0 Å². The largest absolute Gasteiger partial charge is 0.345 e. The van der Waals surface area contributed by atoms with E-state index in [4.69, 9.17) is 0 Å². The molecule has 0 saturated heterocycles. The van der Waals surface area contributed by atoms with Crippen molar-refractivity contribution in [1.29, 1.82) is 0 Å². The van der Waals surface area contributed by atoms with Gasteiger partial charge >= 0.3 is 0 Å². The third-order valence-electron chi connectivity index (χ3n) is 3.56. The van der Waals surface area contributed by atoms with Gasteiger partial charge in [0, 0.05) is 36.9 Å². The van der Waals surface area contributed by atoms with Crippen LogP contribution in [0, 0.1) is 0 Å². The smallest absolute Gasteiger partial charge is 0.253 e. The summed E-state index contributed by atoms with van der Waals surface area (Å²) in [5.74, 6) is -0.221. The van der Waals surface area contributed by atoms with Crippen molar-refractivity contribution >= 4 is 17.2 Å². The highest BCUT2D eigenvalue weighted by Crippen LogP contribution is 2.17. The fourth-order valence-corrected chi connectivity index (χ4v) is 2.44. The highest BCUT2D eigenvalue weighted by molar-refractivity contribution is 6.09. The second-order valence-electron chi connectivity index (χ2n) is 5.33. The van der Waals surface area contributed by atoms with E-state index in [2.05, 4.69) is 0 Å². The number of amides is 1. The van der Waals surface area contributed by atoms with Gasteiger partial charge in [-0.1, -0.05) is 30.3 Å². The zero-order chi connectivity index (χ0) is 15.7. The molecule has 2 heterocycles. The molecule has 1 amide bonds. The number of aromatic nitrogens is 1.